The molecule has 2 aromatic carbocycles. The number of halogens is 2. The van der Waals surface area contributed by atoms with Crippen molar-refractivity contribution in [3.63, 3.8) is 0 Å². The number of nitrogens with two attached hydrogens (primary N) is 1. The molecule has 4 heteroatoms. The van der Waals surface area contributed by atoms with Crippen LogP contribution in [0.25, 0.3) is 0 Å². The highest BCUT2D eigenvalue weighted by Crippen LogP contribution is 2.30. The van der Waals surface area contributed by atoms with E-state index >= 15 is 0 Å². The molecule has 2 aromatic rings. The fourth-order valence-corrected chi connectivity index (χ4v) is 1.82. The van der Waals surface area contributed by atoms with Gasteiger partial charge in [-0.1, -0.05) is 17.7 Å². The Morgan fingerprint density at radius 1 is 1.11 bits per heavy atom. The van der Waals surface area contributed by atoms with Gasteiger partial charge >= 0.3 is 0 Å². The molecular weight excluding hydrogens is 253 g/mol. The molecule has 0 aliphatic carbocycles. The molecule has 2 N–H and O–H groups in total. The average molecular weight is 266 g/mol. The zero-order valence-corrected chi connectivity index (χ0v) is 10.5. The molecule has 0 amide bonds. The monoisotopic (exact) mass is 265 g/mol. The summed E-state index contributed by atoms with van der Waals surface area (Å²) in [6.45, 7) is 0.578. The largest absolute Gasteiger partial charge is 0.456 e. The summed E-state index contributed by atoms with van der Waals surface area (Å²) in [6, 6.07) is 11.3. The van der Waals surface area contributed by atoms with Crippen molar-refractivity contribution in [1.29, 1.82) is 0 Å². The van der Waals surface area contributed by atoms with Crippen molar-refractivity contribution >= 4 is 11.6 Å². The lowest BCUT2D eigenvalue weighted by molar-refractivity contribution is 0.480. The molecule has 0 unspecified atom stereocenters. The first kappa shape index (κ1) is 12.9. The molecule has 0 saturated heterocycles. The third kappa shape index (κ3) is 3.22. The maximum Gasteiger partial charge on any atom is 0.146 e. The first-order chi connectivity index (χ1) is 8.69. The van der Waals surface area contributed by atoms with Gasteiger partial charge < -0.3 is 10.5 Å². The maximum atomic E-state index is 12.7. The van der Waals surface area contributed by atoms with Gasteiger partial charge in [-0.25, -0.2) is 4.39 Å². The van der Waals surface area contributed by atoms with Crippen LogP contribution in [0.2, 0.25) is 5.02 Å². The smallest absolute Gasteiger partial charge is 0.146 e. The van der Waals surface area contributed by atoms with E-state index < -0.39 is 0 Å². The molecular formula is C14H13ClFNO. The minimum Gasteiger partial charge on any atom is -0.456 e. The van der Waals surface area contributed by atoms with Crippen LogP contribution in [0.3, 0.4) is 0 Å². The third-order valence-electron chi connectivity index (χ3n) is 2.47. The Labute approximate surface area is 110 Å². The van der Waals surface area contributed by atoms with Crippen molar-refractivity contribution in [3.8, 4) is 11.5 Å². The van der Waals surface area contributed by atoms with E-state index in [1.165, 1.54) is 12.1 Å². The zero-order valence-electron chi connectivity index (χ0n) is 9.70. The molecule has 0 radical (unpaired) electrons. The van der Waals surface area contributed by atoms with E-state index in [1.54, 1.807) is 18.2 Å². The molecule has 2 rings (SSSR count). The standard InChI is InChI=1S/C14H13ClFNO/c15-13-9-10(7-8-17)1-6-14(13)18-12-4-2-11(16)3-5-12/h1-6,9H,7-8,17H2. The van der Waals surface area contributed by atoms with Crippen LogP contribution in [-0.2, 0) is 6.42 Å². The number of hydrogen-bond acceptors (Lipinski definition) is 2. The van der Waals surface area contributed by atoms with Gasteiger partial charge in [0.2, 0.25) is 0 Å². The van der Waals surface area contributed by atoms with Crippen molar-refractivity contribution in [3.05, 3.63) is 58.9 Å². The Balaban J connectivity index is 2.16. The molecule has 0 aliphatic rings. The van der Waals surface area contributed by atoms with Crippen molar-refractivity contribution in [2.24, 2.45) is 5.73 Å². The van der Waals surface area contributed by atoms with E-state index in [4.69, 9.17) is 22.1 Å². The Morgan fingerprint density at radius 2 is 1.83 bits per heavy atom. The fraction of sp³-hybridized carbons (Fsp3) is 0.143. The van der Waals surface area contributed by atoms with Crippen LogP contribution in [0.1, 0.15) is 5.56 Å². The maximum absolute atomic E-state index is 12.7. The summed E-state index contributed by atoms with van der Waals surface area (Å²) >= 11 is 6.11. The molecule has 94 valence electrons. The van der Waals surface area contributed by atoms with E-state index in [2.05, 4.69) is 0 Å². The molecule has 0 aromatic heterocycles. The van der Waals surface area contributed by atoms with Crippen LogP contribution in [0, 0.1) is 5.82 Å². The summed E-state index contributed by atoms with van der Waals surface area (Å²) < 4.78 is 18.3. The lowest BCUT2D eigenvalue weighted by atomic mass is 10.1. The Bertz CT molecular complexity index is 528. The van der Waals surface area contributed by atoms with Crippen LogP contribution < -0.4 is 10.5 Å². The molecule has 0 heterocycles. The van der Waals surface area contributed by atoms with Gasteiger partial charge in [-0.05, 0) is 54.9 Å². The van der Waals surface area contributed by atoms with Crippen molar-refractivity contribution in [2.75, 3.05) is 6.54 Å². The average Bonchev–Trinajstić information content (AvgIpc) is 2.36. The van der Waals surface area contributed by atoms with E-state index in [1.807, 2.05) is 12.1 Å². The van der Waals surface area contributed by atoms with Crippen molar-refractivity contribution < 1.29 is 9.13 Å². The molecule has 18 heavy (non-hydrogen) atoms. The van der Waals surface area contributed by atoms with E-state index in [0.29, 0.717) is 23.1 Å². The topological polar surface area (TPSA) is 35.2 Å². The molecule has 0 saturated carbocycles. The zero-order chi connectivity index (χ0) is 13.0. The number of rotatable bonds is 4. The highest BCUT2D eigenvalue weighted by Gasteiger charge is 2.04. The lowest BCUT2D eigenvalue weighted by Gasteiger charge is -2.08. The van der Waals surface area contributed by atoms with Crippen LogP contribution >= 0.6 is 11.6 Å². The van der Waals surface area contributed by atoms with Crippen LogP contribution in [0.4, 0.5) is 4.39 Å². The molecule has 0 atom stereocenters. The van der Waals surface area contributed by atoms with Gasteiger partial charge in [0.15, 0.2) is 0 Å². The summed E-state index contributed by atoms with van der Waals surface area (Å²) in [6.07, 6.45) is 0.774. The highest BCUT2D eigenvalue weighted by molar-refractivity contribution is 6.32. The number of hydrogen-bond donors (Lipinski definition) is 1. The third-order valence-corrected chi connectivity index (χ3v) is 2.77. The van der Waals surface area contributed by atoms with Crippen LogP contribution in [0.5, 0.6) is 11.5 Å². The highest BCUT2D eigenvalue weighted by atomic mass is 35.5. The van der Waals surface area contributed by atoms with Gasteiger partial charge in [0, 0.05) is 0 Å². The SMILES string of the molecule is NCCc1ccc(Oc2ccc(F)cc2)c(Cl)c1. The molecule has 0 aliphatic heterocycles. The predicted octanol–water partition coefficient (Wildman–Crippen LogP) is 3.77. The Hall–Kier alpha value is -1.58. The summed E-state index contributed by atoms with van der Waals surface area (Å²) in [7, 11) is 0. The molecule has 0 spiro atoms. The Kier molecular flexibility index (Phi) is 4.18. The predicted molar refractivity (Wildman–Crippen MR) is 70.7 cm³/mol. The first-order valence-corrected chi connectivity index (χ1v) is 5.99. The minimum atomic E-state index is -0.299. The van der Waals surface area contributed by atoms with E-state index in [9.17, 15) is 4.39 Å². The second-order valence-corrected chi connectivity index (χ2v) is 4.27. The quantitative estimate of drug-likeness (QED) is 0.913. The normalized spacial score (nSPS) is 10.4. The summed E-state index contributed by atoms with van der Waals surface area (Å²) in [4.78, 5) is 0. The summed E-state index contributed by atoms with van der Waals surface area (Å²) in [5.41, 5.74) is 6.54. The summed E-state index contributed by atoms with van der Waals surface area (Å²) in [5.74, 6) is 0.792. The van der Waals surface area contributed by atoms with Gasteiger partial charge in [-0.15, -0.1) is 0 Å². The van der Waals surface area contributed by atoms with E-state index in [0.717, 1.165) is 12.0 Å². The lowest BCUT2D eigenvalue weighted by Crippen LogP contribution is -2.02. The van der Waals surface area contributed by atoms with E-state index in [-0.39, 0.29) is 5.82 Å². The van der Waals surface area contributed by atoms with Gasteiger partial charge in [-0.2, -0.15) is 0 Å². The molecule has 2 nitrogen and oxygen atoms in total. The first-order valence-electron chi connectivity index (χ1n) is 5.61. The number of benzene rings is 2. The van der Waals surface area contributed by atoms with Gasteiger partial charge in [-0.3, -0.25) is 0 Å². The van der Waals surface area contributed by atoms with Gasteiger partial charge in [0.1, 0.15) is 17.3 Å². The fourth-order valence-electron chi connectivity index (χ4n) is 1.58. The van der Waals surface area contributed by atoms with Crippen molar-refractivity contribution in [1.82, 2.24) is 0 Å². The van der Waals surface area contributed by atoms with Crippen LogP contribution in [0.15, 0.2) is 42.5 Å². The van der Waals surface area contributed by atoms with Gasteiger partial charge in [0.05, 0.1) is 5.02 Å². The number of ether oxygens (including phenoxy) is 1. The molecule has 0 fully saturated rings. The van der Waals surface area contributed by atoms with Crippen LogP contribution in [-0.4, -0.2) is 6.54 Å². The summed E-state index contributed by atoms with van der Waals surface area (Å²) in [5, 5.41) is 0.519. The van der Waals surface area contributed by atoms with Gasteiger partial charge in [0.25, 0.3) is 0 Å². The minimum absolute atomic E-state index is 0.299. The Morgan fingerprint density at radius 3 is 2.44 bits per heavy atom. The van der Waals surface area contributed by atoms with Crippen molar-refractivity contribution in [2.45, 2.75) is 6.42 Å². The second kappa shape index (κ2) is 5.85. The second-order valence-electron chi connectivity index (χ2n) is 3.86. The molecule has 0 bridgehead atoms.